The molecule has 0 aliphatic heterocycles. The number of nitrogens with zero attached hydrogens (tertiary/aromatic N) is 2. The number of aromatic nitrogens is 2. The van der Waals surface area contributed by atoms with Gasteiger partial charge in [0, 0.05) is 17.4 Å². The molecule has 4 rings (SSSR count). The van der Waals surface area contributed by atoms with Crippen LogP contribution in [0.25, 0.3) is 22.6 Å². The van der Waals surface area contributed by atoms with Crippen LogP contribution in [0.4, 0.5) is 10.1 Å². The average molecular weight is 373 g/mol. The van der Waals surface area contributed by atoms with Gasteiger partial charge in [-0.1, -0.05) is 18.2 Å². The van der Waals surface area contributed by atoms with Gasteiger partial charge in [-0.25, -0.2) is 9.37 Å². The van der Waals surface area contributed by atoms with Gasteiger partial charge in [0.25, 0.3) is 5.91 Å². The Kier molecular flexibility index (Phi) is 4.68. The fourth-order valence-corrected chi connectivity index (χ4v) is 2.92. The molecule has 5 nitrogen and oxygen atoms in total. The number of benzene rings is 2. The van der Waals surface area contributed by atoms with Crippen LogP contribution in [-0.2, 0) is 0 Å². The Balaban J connectivity index is 1.58. The Hall–Kier alpha value is -3.80. The number of carbonyl (C=O) groups is 1. The van der Waals surface area contributed by atoms with Gasteiger partial charge in [-0.05, 0) is 53.9 Å². The van der Waals surface area contributed by atoms with E-state index in [9.17, 15) is 9.18 Å². The van der Waals surface area contributed by atoms with Crippen molar-refractivity contribution in [3.05, 3.63) is 90.3 Å². The SMILES string of the molecule is Cc1ccc(-c2ncco2)cc1-c1ccc(NC(=O)c2ccncc2F)cc1. The number of anilines is 1. The molecule has 1 N–H and O–H groups in total. The molecule has 0 radical (unpaired) electrons. The van der Waals surface area contributed by atoms with Crippen molar-refractivity contribution in [3.63, 3.8) is 0 Å². The third-order valence-electron chi connectivity index (χ3n) is 4.39. The molecule has 0 atom stereocenters. The molecule has 1 amide bonds. The molecule has 0 aliphatic rings. The molecule has 0 saturated heterocycles. The molecule has 2 heterocycles. The van der Waals surface area contributed by atoms with Crippen LogP contribution in [0.1, 0.15) is 15.9 Å². The summed E-state index contributed by atoms with van der Waals surface area (Å²) in [5.41, 5.74) is 4.54. The first kappa shape index (κ1) is 17.6. The van der Waals surface area contributed by atoms with E-state index in [4.69, 9.17) is 4.42 Å². The first-order valence-corrected chi connectivity index (χ1v) is 8.63. The zero-order chi connectivity index (χ0) is 19.5. The maximum absolute atomic E-state index is 13.7. The lowest BCUT2D eigenvalue weighted by molar-refractivity contribution is 0.102. The van der Waals surface area contributed by atoms with E-state index in [1.54, 1.807) is 18.3 Å². The molecular weight excluding hydrogens is 357 g/mol. The predicted molar refractivity (Wildman–Crippen MR) is 104 cm³/mol. The van der Waals surface area contributed by atoms with Crippen LogP contribution in [0.2, 0.25) is 0 Å². The van der Waals surface area contributed by atoms with Gasteiger partial charge < -0.3 is 9.73 Å². The first-order valence-electron chi connectivity index (χ1n) is 8.63. The van der Waals surface area contributed by atoms with Crippen molar-refractivity contribution < 1.29 is 13.6 Å². The average Bonchev–Trinajstić information content (AvgIpc) is 3.24. The largest absolute Gasteiger partial charge is 0.445 e. The normalized spacial score (nSPS) is 10.6. The molecule has 6 heteroatoms. The van der Waals surface area contributed by atoms with Gasteiger partial charge in [0.15, 0.2) is 5.82 Å². The van der Waals surface area contributed by atoms with Crippen molar-refractivity contribution in [3.8, 4) is 22.6 Å². The summed E-state index contributed by atoms with van der Waals surface area (Å²) in [6.07, 6.45) is 5.54. The summed E-state index contributed by atoms with van der Waals surface area (Å²) < 4.78 is 19.1. The number of hydrogen-bond acceptors (Lipinski definition) is 4. The maximum Gasteiger partial charge on any atom is 0.258 e. The Bertz CT molecular complexity index is 1120. The van der Waals surface area contributed by atoms with Crippen molar-refractivity contribution in [1.29, 1.82) is 0 Å². The predicted octanol–water partition coefficient (Wildman–Crippen LogP) is 5.10. The minimum atomic E-state index is -0.657. The molecule has 0 bridgehead atoms. The lowest BCUT2D eigenvalue weighted by atomic mass is 9.98. The number of amides is 1. The van der Waals surface area contributed by atoms with E-state index in [1.165, 1.54) is 18.5 Å². The molecule has 0 saturated carbocycles. The summed E-state index contributed by atoms with van der Waals surface area (Å²) in [4.78, 5) is 20.1. The Morgan fingerprint density at radius 1 is 1.04 bits per heavy atom. The Morgan fingerprint density at radius 2 is 1.82 bits per heavy atom. The van der Waals surface area contributed by atoms with E-state index in [1.807, 2.05) is 37.3 Å². The third-order valence-corrected chi connectivity index (χ3v) is 4.39. The highest BCUT2D eigenvalue weighted by molar-refractivity contribution is 6.04. The van der Waals surface area contributed by atoms with E-state index in [0.29, 0.717) is 11.6 Å². The highest BCUT2D eigenvalue weighted by Crippen LogP contribution is 2.29. The second-order valence-electron chi connectivity index (χ2n) is 6.25. The molecule has 2 aromatic heterocycles. The minimum Gasteiger partial charge on any atom is -0.445 e. The highest BCUT2D eigenvalue weighted by Gasteiger charge is 2.12. The second kappa shape index (κ2) is 7.44. The first-order chi connectivity index (χ1) is 13.6. The van der Waals surface area contributed by atoms with Crippen LogP contribution in [0.5, 0.6) is 0 Å². The van der Waals surface area contributed by atoms with Crippen LogP contribution >= 0.6 is 0 Å². The smallest absolute Gasteiger partial charge is 0.258 e. The summed E-state index contributed by atoms with van der Waals surface area (Å²) >= 11 is 0. The number of carbonyl (C=O) groups excluding carboxylic acids is 1. The summed E-state index contributed by atoms with van der Waals surface area (Å²) in [6.45, 7) is 2.02. The number of halogens is 1. The third kappa shape index (κ3) is 3.53. The lowest BCUT2D eigenvalue weighted by Gasteiger charge is -2.10. The van der Waals surface area contributed by atoms with Crippen molar-refractivity contribution in [2.45, 2.75) is 6.92 Å². The fourth-order valence-electron chi connectivity index (χ4n) is 2.92. The molecule has 2 aromatic carbocycles. The molecule has 138 valence electrons. The molecule has 0 unspecified atom stereocenters. The maximum atomic E-state index is 13.7. The van der Waals surface area contributed by atoms with Gasteiger partial charge >= 0.3 is 0 Å². The van der Waals surface area contributed by atoms with Gasteiger partial charge in [-0.2, -0.15) is 0 Å². The zero-order valence-electron chi connectivity index (χ0n) is 15.0. The van der Waals surface area contributed by atoms with Crippen LogP contribution in [-0.4, -0.2) is 15.9 Å². The number of nitrogens with one attached hydrogen (secondary N) is 1. The molecule has 4 aromatic rings. The molecule has 0 fully saturated rings. The van der Waals surface area contributed by atoms with Crippen molar-refractivity contribution >= 4 is 11.6 Å². The number of aryl methyl sites for hydroxylation is 1. The van der Waals surface area contributed by atoms with Crippen LogP contribution in [0.15, 0.2) is 77.8 Å². The minimum absolute atomic E-state index is 0.0476. The zero-order valence-corrected chi connectivity index (χ0v) is 15.0. The van der Waals surface area contributed by atoms with Crippen molar-refractivity contribution in [2.75, 3.05) is 5.32 Å². The fraction of sp³-hybridized carbons (Fsp3) is 0.0455. The van der Waals surface area contributed by atoms with Crippen LogP contribution in [0.3, 0.4) is 0 Å². The van der Waals surface area contributed by atoms with E-state index < -0.39 is 11.7 Å². The van der Waals surface area contributed by atoms with Gasteiger partial charge in [-0.3, -0.25) is 9.78 Å². The van der Waals surface area contributed by atoms with Gasteiger partial charge in [0.05, 0.1) is 18.0 Å². The monoisotopic (exact) mass is 373 g/mol. The number of hydrogen-bond donors (Lipinski definition) is 1. The van der Waals surface area contributed by atoms with Crippen molar-refractivity contribution in [1.82, 2.24) is 9.97 Å². The number of oxazole rings is 1. The summed E-state index contributed by atoms with van der Waals surface area (Å²) in [5.74, 6) is -0.616. The van der Waals surface area contributed by atoms with Gasteiger partial charge in [-0.15, -0.1) is 0 Å². The molecule has 0 spiro atoms. The summed E-state index contributed by atoms with van der Waals surface area (Å²) in [5, 5.41) is 2.69. The molecule has 0 aliphatic carbocycles. The van der Waals surface area contributed by atoms with E-state index in [2.05, 4.69) is 15.3 Å². The molecule has 28 heavy (non-hydrogen) atoms. The Morgan fingerprint density at radius 3 is 2.54 bits per heavy atom. The second-order valence-corrected chi connectivity index (χ2v) is 6.25. The van der Waals surface area contributed by atoms with Crippen molar-refractivity contribution in [2.24, 2.45) is 0 Å². The van der Waals surface area contributed by atoms with E-state index >= 15 is 0 Å². The van der Waals surface area contributed by atoms with E-state index in [0.717, 1.165) is 28.5 Å². The Labute approximate surface area is 160 Å². The lowest BCUT2D eigenvalue weighted by Crippen LogP contribution is -2.13. The number of rotatable bonds is 4. The van der Waals surface area contributed by atoms with Crippen LogP contribution < -0.4 is 5.32 Å². The standard InChI is InChI=1S/C22H16FN3O2/c1-14-2-3-16(22-25-10-11-28-22)12-19(14)15-4-6-17(7-5-15)26-21(27)18-8-9-24-13-20(18)23/h2-13H,1H3,(H,26,27). The number of pyridine rings is 1. The molecular formula is C22H16FN3O2. The van der Waals surface area contributed by atoms with E-state index in [-0.39, 0.29) is 5.56 Å². The highest BCUT2D eigenvalue weighted by atomic mass is 19.1. The van der Waals surface area contributed by atoms with Crippen LogP contribution in [0, 0.1) is 12.7 Å². The van der Waals surface area contributed by atoms with Gasteiger partial charge in [0.2, 0.25) is 5.89 Å². The summed E-state index contributed by atoms with van der Waals surface area (Å²) in [7, 11) is 0. The quantitative estimate of drug-likeness (QED) is 0.540. The van der Waals surface area contributed by atoms with Gasteiger partial charge in [0.1, 0.15) is 6.26 Å². The summed E-state index contributed by atoms with van der Waals surface area (Å²) in [6, 6.07) is 14.7. The topological polar surface area (TPSA) is 68.0 Å².